The fourth-order valence-electron chi connectivity index (χ4n) is 3.28. The van der Waals surface area contributed by atoms with Gasteiger partial charge in [0.05, 0.1) is 18.4 Å². The zero-order chi connectivity index (χ0) is 23.7. The first-order valence-electron chi connectivity index (χ1n) is 9.88. The molecule has 0 amide bonds. The molecule has 0 spiro atoms. The fraction of sp³-hybridized carbons (Fsp3) is 0.0455. The number of aromatic nitrogens is 6. The van der Waals surface area contributed by atoms with Crippen LogP contribution in [0.5, 0.6) is 5.88 Å². The highest BCUT2D eigenvalue weighted by Crippen LogP contribution is 2.29. The highest BCUT2D eigenvalue weighted by atomic mass is 32.2. The van der Waals surface area contributed by atoms with Gasteiger partial charge in [-0.1, -0.05) is 29.4 Å². The summed E-state index contributed by atoms with van der Waals surface area (Å²) >= 11 is 0. The zero-order valence-corrected chi connectivity index (χ0v) is 18.1. The molecular weight excluding hydrogens is 463 g/mol. The molecule has 34 heavy (non-hydrogen) atoms. The lowest BCUT2D eigenvalue weighted by molar-refractivity contribution is 0.421. The number of nitrogens with zero attached hydrogens (tertiary/aromatic N) is 6. The summed E-state index contributed by atoms with van der Waals surface area (Å²) in [6.45, 7) is 0.0764. The van der Waals surface area contributed by atoms with Gasteiger partial charge in [-0.15, -0.1) is 0 Å². The van der Waals surface area contributed by atoms with Gasteiger partial charge in [-0.25, -0.2) is 22.8 Å². The second-order valence-electron chi connectivity index (χ2n) is 7.10. The average Bonchev–Trinajstić information content (AvgIpc) is 3.51. The Hall–Kier alpha value is -4.45. The van der Waals surface area contributed by atoms with Crippen LogP contribution in [0.4, 0.5) is 4.39 Å². The first-order valence-corrected chi connectivity index (χ1v) is 11.4. The van der Waals surface area contributed by atoms with Crippen LogP contribution in [-0.2, 0) is 16.4 Å². The lowest BCUT2D eigenvalue weighted by atomic mass is 10.2. The van der Waals surface area contributed by atoms with E-state index in [-0.39, 0.29) is 23.1 Å². The Morgan fingerprint density at radius 3 is 2.56 bits per heavy atom. The maximum atomic E-state index is 14.2. The number of hydrogen-bond acceptors (Lipinski definition) is 9. The van der Waals surface area contributed by atoms with Gasteiger partial charge in [0.15, 0.2) is 15.7 Å². The van der Waals surface area contributed by atoms with E-state index in [0.717, 1.165) is 6.20 Å². The molecular formula is C22H15FN6O4S. The van der Waals surface area contributed by atoms with Crippen LogP contribution in [0.3, 0.4) is 0 Å². The minimum atomic E-state index is -4.13. The van der Waals surface area contributed by atoms with Crippen molar-refractivity contribution in [3.8, 4) is 28.8 Å². The molecule has 0 atom stereocenters. The van der Waals surface area contributed by atoms with Gasteiger partial charge < -0.3 is 9.63 Å². The number of halogens is 1. The quantitative estimate of drug-likeness (QED) is 0.390. The summed E-state index contributed by atoms with van der Waals surface area (Å²) in [5.74, 6) is -1.18. The standard InChI is InChI=1S/C22H15FN6O4S/c23-15-6-2-1-5-14(15)13-29-18(16-8-10-33-28-16)11-17(27-29)21-25-12-19(22(30)26-21)34(31,32)20-7-3-4-9-24-20/h1-12H,13H2,(H,25,26,30). The van der Waals surface area contributed by atoms with E-state index in [1.165, 1.54) is 35.3 Å². The number of hydrogen-bond donors (Lipinski definition) is 1. The summed E-state index contributed by atoms with van der Waals surface area (Å²) < 4.78 is 46.2. The van der Waals surface area contributed by atoms with Gasteiger partial charge in [0.2, 0.25) is 15.7 Å². The van der Waals surface area contributed by atoms with Crippen LogP contribution in [0.2, 0.25) is 0 Å². The minimum Gasteiger partial charge on any atom is -0.492 e. The van der Waals surface area contributed by atoms with Crippen LogP contribution in [0, 0.1) is 5.82 Å². The molecule has 4 heterocycles. The molecule has 12 heteroatoms. The molecule has 0 aliphatic heterocycles. The summed E-state index contributed by atoms with van der Waals surface area (Å²) in [6, 6.07) is 13.9. The van der Waals surface area contributed by atoms with Crippen molar-refractivity contribution in [2.75, 3.05) is 0 Å². The minimum absolute atomic E-state index is 0.0329. The summed E-state index contributed by atoms with van der Waals surface area (Å²) in [5.41, 5.74) is 1.53. The van der Waals surface area contributed by atoms with E-state index >= 15 is 0 Å². The van der Waals surface area contributed by atoms with Crippen molar-refractivity contribution in [1.82, 2.24) is 29.9 Å². The maximum absolute atomic E-state index is 14.2. The number of sulfone groups is 1. The number of rotatable bonds is 6. The van der Waals surface area contributed by atoms with Crippen molar-refractivity contribution < 1.29 is 22.4 Å². The lowest BCUT2D eigenvalue weighted by Gasteiger charge is -2.07. The predicted molar refractivity (Wildman–Crippen MR) is 116 cm³/mol. The van der Waals surface area contributed by atoms with Crippen molar-refractivity contribution in [3.05, 3.63) is 84.6 Å². The molecule has 0 saturated heterocycles. The van der Waals surface area contributed by atoms with Crippen molar-refractivity contribution in [2.24, 2.45) is 0 Å². The Bertz CT molecular complexity index is 1570. The average molecular weight is 478 g/mol. The lowest BCUT2D eigenvalue weighted by Crippen LogP contribution is -2.07. The summed E-state index contributed by atoms with van der Waals surface area (Å²) in [6.07, 6.45) is 3.70. The largest absolute Gasteiger partial charge is 0.492 e. The number of pyridine rings is 1. The first kappa shape index (κ1) is 21.4. The van der Waals surface area contributed by atoms with Crippen molar-refractivity contribution in [3.63, 3.8) is 0 Å². The van der Waals surface area contributed by atoms with Crippen LogP contribution in [0.25, 0.3) is 22.9 Å². The van der Waals surface area contributed by atoms with Crippen LogP contribution in [-0.4, -0.2) is 43.4 Å². The second kappa shape index (κ2) is 8.48. The normalized spacial score (nSPS) is 11.6. The predicted octanol–water partition coefficient (Wildman–Crippen LogP) is 3.12. The van der Waals surface area contributed by atoms with Gasteiger partial charge in [-0.3, -0.25) is 4.68 Å². The van der Waals surface area contributed by atoms with Gasteiger partial charge in [-0.2, -0.15) is 10.1 Å². The summed E-state index contributed by atoms with van der Waals surface area (Å²) in [4.78, 5) is 11.4. The van der Waals surface area contributed by atoms with E-state index in [0.29, 0.717) is 17.0 Å². The highest BCUT2D eigenvalue weighted by Gasteiger charge is 2.26. The Balaban J connectivity index is 1.55. The molecule has 0 unspecified atom stereocenters. The topological polar surface area (TPSA) is 137 Å². The van der Waals surface area contributed by atoms with E-state index in [2.05, 4.69) is 25.2 Å². The fourth-order valence-corrected chi connectivity index (χ4v) is 4.44. The third kappa shape index (κ3) is 3.90. The van der Waals surface area contributed by atoms with Crippen LogP contribution in [0.15, 0.2) is 87.7 Å². The van der Waals surface area contributed by atoms with Gasteiger partial charge in [0, 0.05) is 17.8 Å². The zero-order valence-electron chi connectivity index (χ0n) is 17.3. The molecule has 10 nitrogen and oxygen atoms in total. The maximum Gasteiger partial charge on any atom is 0.234 e. The molecule has 4 aromatic heterocycles. The van der Waals surface area contributed by atoms with E-state index in [4.69, 9.17) is 4.52 Å². The van der Waals surface area contributed by atoms with Crippen molar-refractivity contribution in [1.29, 1.82) is 0 Å². The van der Waals surface area contributed by atoms with Crippen LogP contribution >= 0.6 is 0 Å². The summed E-state index contributed by atoms with van der Waals surface area (Å²) in [5, 5.41) is 18.5. The van der Waals surface area contributed by atoms with E-state index in [1.807, 2.05) is 0 Å². The molecule has 0 bridgehead atoms. The Morgan fingerprint density at radius 2 is 1.85 bits per heavy atom. The van der Waals surface area contributed by atoms with Gasteiger partial charge in [0.1, 0.15) is 23.5 Å². The highest BCUT2D eigenvalue weighted by molar-refractivity contribution is 7.91. The molecule has 5 rings (SSSR count). The van der Waals surface area contributed by atoms with Crippen LogP contribution < -0.4 is 0 Å². The van der Waals surface area contributed by atoms with E-state index < -0.39 is 26.4 Å². The first-order chi connectivity index (χ1) is 16.4. The SMILES string of the molecule is O=S(=O)(c1ccccn1)c1cnc(-c2cc(-c3ccon3)n(Cc3ccccc3F)n2)nc1O. The van der Waals surface area contributed by atoms with Gasteiger partial charge in [-0.05, 0) is 24.3 Å². The molecule has 0 aliphatic rings. The van der Waals surface area contributed by atoms with Gasteiger partial charge >= 0.3 is 0 Å². The Kier molecular flexibility index (Phi) is 5.34. The third-order valence-corrected chi connectivity index (χ3v) is 6.59. The molecule has 0 aliphatic carbocycles. The molecule has 0 fully saturated rings. The third-order valence-electron chi connectivity index (χ3n) is 4.93. The van der Waals surface area contributed by atoms with Gasteiger partial charge in [0.25, 0.3) is 0 Å². The van der Waals surface area contributed by atoms with E-state index in [1.54, 1.807) is 36.4 Å². The molecule has 0 saturated carbocycles. The number of benzene rings is 1. The van der Waals surface area contributed by atoms with Crippen LogP contribution in [0.1, 0.15) is 5.56 Å². The molecule has 170 valence electrons. The molecule has 1 N–H and O–H groups in total. The van der Waals surface area contributed by atoms with Crippen molar-refractivity contribution >= 4 is 9.84 Å². The second-order valence-corrected chi connectivity index (χ2v) is 8.97. The Labute approximate surface area is 192 Å². The number of aromatic hydroxyl groups is 1. The Morgan fingerprint density at radius 1 is 1.03 bits per heavy atom. The smallest absolute Gasteiger partial charge is 0.234 e. The van der Waals surface area contributed by atoms with E-state index in [9.17, 15) is 17.9 Å². The molecule has 0 radical (unpaired) electrons. The molecule has 5 aromatic rings. The summed E-state index contributed by atoms with van der Waals surface area (Å²) in [7, 11) is -4.13. The van der Waals surface area contributed by atoms with Crippen molar-refractivity contribution in [2.45, 2.75) is 16.5 Å². The monoisotopic (exact) mass is 478 g/mol. The molecule has 1 aromatic carbocycles.